The third-order valence-electron chi connectivity index (χ3n) is 4.45. The van der Waals surface area contributed by atoms with Crippen molar-refractivity contribution in [3.05, 3.63) is 64.5 Å². The van der Waals surface area contributed by atoms with Crippen LogP contribution in [-0.2, 0) is 14.2 Å². The summed E-state index contributed by atoms with van der Waals surface area (Å²) in [6.07, 6.45) is 0. The van der Waals surface area contributed by atoms with Crippen molar-refractivity contribution in [1.82, 2.24) is 5.32 Å². The first-order valence-corrected chi connectivity index (χ1v) is 10.9. The van der Waals surface area contributed by atoms with Gasteiger partial charge in [-0.3, -0.25) is 4.79 Å². The van der Waals surface area contributed by atoms with Crippen LogP contribution in [0.3, 0.4) is 0 Å². The summed E-state index contributed by atoms with van der Waals surface area (Å²) >= 11 is 0. The predicted octanol–water partition coefficient (Wildman–Crippen LogP) is 4.26. The first kappa shape index (κ1) is 26.7. The molecule has 1 amide bonds. The van der Waals surface area contributed by atoms with Crippen molar-refractivity contribution in [3.63, 3.8) is 0 Å². The molecule has 0 aliphatic carbocycles. The second kappa shape index (κ2) is 16.2. The van der Waals surface area contributed by atoms with E-state index in [9.17, 15) is 4.79 Å². The molecule has 0 radical (unpaired) electrons. The largest absolute Gasteiger partial charge is 0.379 e. The summed E-state index contributed by atoms with van der Waals surface area (Å²) in [7, 11) is 3.96. The normalized spacial score (nSPS) is 10.8. The van der Waals surface area contributed by atoms with Crippen LogP contribution >= 0.6 is 0 Å². The first-order chi connectivity index (χ1) is 16.6. The number of azo groups is 1. The fraction of sp³-hybridized carbons (Fsp3) is 0.435. The van der Waals surface area contributed by atoms with E-state index >= 15 is 0 Å². The van der Waals surface area contributed by atoms with Crippen molar-refractivity contribution >= 4 is 23.0 Å². The Morgan fingerprint density at radius 3 is 1.94 bits per heavy atom. The minimum Gasteiger partial charge on any atom is -0.379 e. The van der Waals surface area contributed by atoms with E-state index in [1.165, 1.54) is 0 Å². The lowest BCUT2D eigenvalue weighted by molar-refractivity contribution is 0.0166. The van der Waals surface area contributed by atoms with Crippen LogP contribution in [0.5, 0.6) is 0 Å². The van der Waals surface area contributed by atoms with Crippen LogP contribution in [0.15, 0.2) is 63.9 Å². The van der Waals surface area contributed by atoms with Crippen molar-refractivity contribution < 1.29 is 19.0 Å². The maximum Gasteiger partial charge on any atom is 0.251 e. The van der Waals surface area contributed by atoms with E-state index in [1.807, 2.05) is 43.3 Å². The summed E-state index contributed by atoms with van der Waals surface area (Å²) in [5.41, 5.74) is 11.2. The van der Waals surface area contributed by atoms with Crippen molar-refractivity contribution in [2.75, 3.05) is 71.7 Å². The number of hydrogen-bond acceptors (Lipinski definition) is 8. The van der Waals surface area contributed by atoms with Gasteiger partial charge in [0, 0.05) is 43.3 Å². The molecule has 34 heavy (non-hydrogen) atoms. The highest BCUT2D eigenvalue weighted by atomic mass is 16.5. The van der Waals surface area contributed by atoms with Gasteiger partial charge in [-0.15, -0.1) is 0 Å². The second-order valence-electron chi connectivity index (χ2n) is 7.21. The second-order valence-corrected chi connectivity index (χ2v) is 7.21. The molecule has 0 saturated heterocycles. The Morgan fingerprint density at radius 1 is 0.853 bits per heavy atom. The smallest absolute Gasteiger partial charge is 0.251 e. The number of carbonyl (C=O) groups is 1. The molecule has 11 nitrogen and oxygen atoms in total. The highest BCUT2D eigenvalue weighted by molar-refractivity contribution is 5.94. The average molecular weight is 470 g/mol. The Labute approximate surface area is 199 Å². The van der Waals surface area contributed by atoms with Gasteiger partial charge in [0.15, 0.2) is 0 Å². The highest BCUT2D eigenvalue weighted by Gasteiger charge is 2.04. The van der Waals surface area contributed by atoms with Gasteiger partial charge in [0.25, 0.3) is 5.91 Å². The third-order valence-corrected chi connectivity index (χ3v) is 4.45. The predicted molar refractivity (Wildman–Crippen MR) is 130 cm³/mol. The molecule has 11 heteroatoms. The molecule has 182 valence electrons. The molecule has 0 saturated carbocycles. The summed E-state index contributed by atoms with van der Waals surface area (Å²) in [4.78, 5) is 16.9. The summed E-state index contributed by atoms with van der Waals surface area (Å²) in [6.45, 7) is 3.20. The van der Waals surface area contributed by atoms with Gasteiger partial charge in [-0.25, -0.2) is 0 Å². The maximum absolute atomic E-state index is 12.2. The number of azide groups is 1. The van der Waals surface area contributed by atoms with Gasteiger partial charge in [0.05, 0.1) is 51.0 Å². The van der Waals surface area contributed by atoms with Gasteiger partial charge < -0.3 is 24.4 Å². The molecule has 0 heterocycles. The van der Waals surface area contributed by atoms with Crippen molar-refractivity contribution in [2.24, 2.45) is 15.3 Å². The highest BCUT2D eigenvalue weighted by Crippen LogP contribution is 2.21. The Bertz CT molecular complexity index is 927. The lowest BCUT2D eigenvalue weighted by Gasteiger charge is -2.11. The van der Waals surface area contributed by atoms with Crippen molar-refractivity contribution in [1.29, 1.82) is 0 Å². The minimum absolute atomic E-state index is 0.180. The van der Waals surface area contributed by atoms with E-state index in [-0.39, 0.29) is 5.91 Å². The number of nitrogens with zero attached hydrogens (tertiary/aromatic N) is 6. The Kier molecular flexibility index (Phi) is 12.7. The van der Waals surface area contributed by atoms with Gasteiger partial charge in [0.1, 0.15) is 0 Å². The summed E-state index contributed by atoms with van der Waals surface area (Å²) < 4.78 is 16.0. The summed E-state index contributed by atoms with van der Waals surface area (Å²) in [5.74, 6) is -0.180. The lowest BCUT2D eigenvalue weighted by Crippen LogP contribution is -2.27. The van der Waals surface area contributed by atoms with E-state index in [2.05, 4.69) is 25.6 Å². The standard InChI is InChI=1S/C23H31N7O4/c1-30(2)22-9-7-21(8-10-22)28-27-20-5-3-19(4-6-20)23(31)25-11-13-32-15-17-34-18-16-33-14-12-26-29-24/h3-10H,11-18H2,1-2H3,(H,25,31). The Balaban J connectivity index is 1.57. The number of rotatable bonds is 16. The van der Waals surface area contributed by atoms with Crippen molar-refractivity contribution in [3.8, 4) is 0 Å². The zero-order chi connectivity index (χ0) is 24.4. The van der Waals surface area contributed by atoms with Crippen LogP contribution in [0.25, 0.3) is 10.4 Å². The van der Waals surface area contributed by atoms with Crippen molar-refractivity contribution in [2.45, 2.75) is 0 Å². The molecule has 0 unspecified atom stereocenters. The van der Waals surface area contributed by atoms with E-state index in [1.54, 1.807) is 24.3 Å². The molecule has 1 N–H and O–H groups in total. The average Bonchev–Trinajstić information content (AvgIpc) is 2.86. The molecule has 2 aromatic rings. The quantitative estimate of drug-likeness (QED) is 0.170. The SMILES string of the molecule is CN(C)c1ccc(N=Nc2ccc(C(=O)NCCOCCOCCOCCN=[N+]=[N-])cc2)cc1. The van der Waals surface area contributed by atoms with E-state index < -0.39 is 0 Å². The van der Waals surface area contributed by atoms with Gasteiger partial charge in [0.2, 0.25) is 0 Å². The summed E-state index contributed by atoms with van der Waals surface area (Å²) in [5, 5.41) is 14.6. The Morgan fingerprint density at radius 2 is 1.38 bits per heavy atom. The number of ether oxygens (including phenoxy) is 3. The third kappa shape index (κ3) is 10.9. The van der Waals surface area contributed by atoms with Crippen LogP contribution in [-0.4, -0.2) is 72.7 Å². The monoisotopic (exact) mass is 469 g/mol. The fourth-order valence-corrected chi connectivity index (χ4v) is 2.64. The number of nitrogens with one attached hydrogen (secondary N) is 1. The van der Waals surface area contributed by atoms with Gasteiger partial charge in [-0.1, -0.05) is 5.11 Å². The fourth-order valence-electron chi connectivity index (χ4n) is 2.64. The van der Waals surface area contributed by atoms with Crippen LogP contribution in [0.2, 0.25) is 0 Å². The molecule has 0 spiro atoms. The Hall–Kier alpha value is -3.50. The van der Waals surface area contributed by atoms with E-state index in [0.29, 0.717) is 64.0 Å². The summed E-state index contributed by atoms with van der Waals surface area (Å²) in [6, 6.07) is 14.7. The van der Waals surface area contributed by atoms with Crippen LogP contribution in [0.1, 0.15) is 10.4 Å². The number of hydrogen-bond donors (Lipinski definition) is 1. The molecule has 2 aromatic carbocycles. The molecular formula is C23H31N7O4. The molecule has 0 atom stereocenters. The number of amides is 1. The minimum atomic E-state index is -0.180. The topological polar surface area (TPSA) is 134 Å². The van der Waals surface area contributed by atoms with Crippen LogP contribution < -0.4 is 10.2 Å². The zero-order valence-corrected chi connectivity index (χ0v) is 19.6. The lowest BCUT2D eigenvalue weighted by atomic mass is 10.2. The van der Waals surface area contributed by atoms with E-state index in [4.69, 9.17) is 19.7 Å². The van der Waals surface area contributed by atoms with Crippen LogP contribution in [0, 0.1) is 0 Å². The van der Waals surface area contributed by atoms with Gasteiger partial charge in [-0.2, -0.15) is 10.2 Å². The molecule has 0 fully saturated rings. The van der Waals surface area contributed by atoms with Gasteiger partial charge in [-0.05, 0) is 54.1 Å². The van der Waals surface area contributed by atoms with E-state index in [0.717, 1.165) is 11.4 Å². The molecular weight excluding hydrogens is 438 g/mol. The first-order valence-electron chi connectivity index (χ1n) is 10.9. The number of carbonyl (C=O) groups excluding carboxylic acids is 1. The number of benzene rings is 2. The molecule has 0 bridgehead atoms. The molecule has 2 rings (SSSR count). The zero-order valence-electron chi connectivity index (χ0n) is 19.6. The molecule has 0 aliphatic heterocycles. The van der Waals surface area contributed by atoms with Gasteiger partial charge >= 0.3 is 0 Å². The molecule has 0 aromatic heterocycles. The maximum atomic E-state index is 12.2. The van der Waals surface area contributed by atoms with Crippen LogP contribution in [0.4, 0.5) is 17.1 Å². The number of anilines is 1. The molecule has 0 aliphatic rings.